The molecule has 13 nitrogen and oxygen atoms in total. The number of benzene rings is 1. The Morgan fingerprint density at radius 3 is 2.55 bits per heavy atom. The first-order valence-corrected chi connectivity index (χ1v) is 13.1. The molecule has 3 heterocycles. The van der Waals surface area contributed by atoms with Gasteiger partial charge in [0.05, 0.1) is 24.4 Å². The normalized spacial score (nSPS) is 17.1. The quantitative estimate of drug-likeness (QED) is 0.200. The van der Waals surface area contributed by atoms with Crippen molar-refractivity contribution in [3.8, 4) is 0 Å². The molecule has 4 rings (SSSR count). The number of hydrogen-bond donors (Lipinski definition) is 5. The van der Waals surface area contributed by atoms with Crippen molar-refractivity contribution in [2.24, 2.45) is 12.8 Å². The van der Waals surface area contributed by atoms with Crippen LogP contribution in [-0.4, -0.2) is 83.9 Å². The summed E-state index contributed by atoms with van der Waals surface area (Å²) in [6.45, 7) is 0.369. The van der Waals surface area contributed by atoms with Crippen LogP contribution in [0.15, 0.2) is 55.4 Å². The van der Waals surface area contributed by atoms with Crippen molar-refractivity contribution >= 4 is 23.7 Å². The minimum absolute atomic E-state index is 0.0208. The predicted octanol–water partition coefficient (Wildman–Crippen LogP) is -0.456. The number of nitrogens with zero attached hydrogens (tertiary/aromatic N) is 4. The Morgan fingerprint density at radius 1 is 1.12 bits per heavy atom. The molecule has 212 valence electrons. The number of rotatable bonds is 12. The summed E-state index contributed by atoms with van der Waals surface area (Å²) in [6.07, 6.45) is 7.70. The van der Waals surface area contributed by atoms with Gasteiger partial charge < -0.3 is 35.9 Å². The Hall–Kier alpha value is -4.52. The maximum absolute atomic E-state index is 13.4. The van der Waals surface area contributed by atoms with Crippen LogP contribution >= 0.6 is 0 Å². The Kier molecular flexibility index (Phi) is 9.27. The van der Waals surface area contributed by atoms with Crippen LogP contribution in [0.25, 0.3) is 0 Å². The number of aromatic nitrogens is 4. The number of hydrogen-bond acceptors (Lipinski definition) is 7. The number of nitrogens with one attached hydrogen (secondary N) is 3. The third kappa shape index (κ3) is 7.32. The molecule has 1 aliphatic rings. The fraction of sp³-hybridized carbons (Fsp3) is 0.407. The third-order valence-corrected chi connectivity index (χ3v) is 6.85. The number of nitrogens with two attached hydrogens (primary N) is 1. The van der Waals surface area contributed by atoms with E-state index in [-0.39, 0.29) is 25.2 Å². The molecule has 0 bridgehead atoms. The van der Waals surface area contributed by atoms with Gasteiger partial charge in [-0.1, -0.05) is 30.3 Å². The predicted molar refractivity (Wildman–Crippen MR) is 144 cm³/mol. The minimum Gasteiger partial charge on any atom is -0.480 e. The number of aryl methyl sites for hydroxylation is 1. The minimum atomic E-state index is -1.25. The van der Waals surface area contributed by atoms with E-state index in [1.165, 1.54) is 11.2 Å². The van der Waals surface area contributed by atoms with E-state index < -0.39 is 42.0 Å². The van der Waals surface area contributed by atoms with Gasteiger partial charge in [-0.3, -0.25) is 14.4 Å². The average molecular weight is 551 g/mol. The molecule has 3 amide bonds. The van der Waals surface area contributed by atoms with Gasteiger partial charge in [-0.05, 0) is 18.4 Å². The second-order valence-electron chi connectivity index (χ2n) is 9.96. The monoisotopic (exact) mass is 550 g/mol. The molecule has 0 spiro atoms. The molecule has 0 unspecified atom stereocenters. The van der Waals surface area contributed by atoms with Crippen molar-refractivity contribution in [3.05, 3.63) is 72.3 Å². The molecule has 40 heavy (non-hydrogen) atoms. The lowest BCUT2D eigenvalue weighted by molar-refractivity contribution is -0.143. The highest BCUT2D eigenvalue weighted by atomic mass is 16.4. The van der Waals surface area contributed by atoms with Crippen molar-refractivity contribution in [2.45, 2.75) is 56.3 Å². The fourth-order valence-electron chi connectivity index (χ4n) is 4.82. The number of carbonyl (C=O) groups is 4. The van der Waals surface area contributed by atoms with Gasteiger partial charge in [0.25, 0.3) is 0 Å². The molecule has 1 saturated heterocycles. The summed E-state index contributed by atoms with van der Waals surface area (Å²) >= 11 is 0. The summed E-state index contributed by atoms with van der Waals surface area (Å²) in [7, 11) is 1.76. The first-order chi connectivity index (χ1) is 19.2. The standard InChI is InChI=1S/C27H34N8O5/c1-34-14-19(31-16-34)12-22(27(39)40)33-24(36)21(10-17-6-3-2-4-7-17)32-25(37)23-8-5-9-35(23)26(38)20(28)11-18-13-29-15-30-18/h2-4,6-7,13-16,20-23H,5,8-12,28H2,1H3,(H,29,30)(H,32,37)(H,33,36)(H,39,40)/t20-,21-,22-,23-/m0/s1. The van der Waals surface area contributed by atoms with E-state index in [1.54, 1.807) is 30.3 Å². The molecule has 0 radical (unpaired) electrons. The van der Waals surface area contributed by atoms with Gasteiger partial charge in [-0.25, -0.2) is 14.8 Å². The highest BCUT2D eigenvalue weighted by molar-refractivity contribution is 5.94. The van der Waals surface area contributed by atoms with E-state index in [1.807, 2.05) is 30.3 Å². The number of aliphatic carboxylic acids is 1. The van der Waals surface area contributed by atoms with Crippen molar-refractivity contribution in [1.29, 1.82) is 0 Å². The van der Waals surface area contributed by atoms with E-state index in [0.29, 0.717) is 30.8 Å². The van der Waals surface area contributed by atoms with Crippen LogP contribution < -0.4 is 16.4 Å². The van der Waals surface area contributed by atoms with Crippen LogP contribution in [0.2, 0.25) is 0 Å². The molecule has 1 fully saturated rings. The van der Waals surface area contributed by atoms with Gasteiger partial charge in [0.2, 0.25) is 17.7 Å². The lowest BCUT2D eigenvalue weighted by Crippen LogP contribution is -2.57. The van der Waals surface area contributed by atoms with Crippen LogP contribution in [0.1, 0.15) is 29.8 Å². The van der Waals surface area contributed by atoms with E-state index in [2.05, 4.69) is 25.6 Å². The number of carboxylic acid groups (broad SMARTS) is 1. The summed E-state index contributed by atoms with van der Waals surface area (Å²) in [5, 5.41) is 15.1. The zero-order valence-electron chi connectivity index (χ0n) is 22.2. The Bertz CT molecular complexity index is 1310. The third-order valence-electron chi connectivity index (χ3n) is 6.85. The van der Waals surface area contributed by atoms with E-state index in [9.17, 15) is 24.3 Å². The molecule has 0 aliphatic carbocycles. The summed E-state index contributed by atoms with van der Waals surface area (Å²) in [5.41, 5.74) is 8.14. The number of H-pyrrole nitrogens is 1. The Labute approximate surface area is 231 Å². The largest absolute Gasteiger partial charge is 0.480 e. The number of carbonyl (C=O) groups excluding carboxylic acids is 3. The van der Waals surface area contributed by atoms with Crippen LogP contribution in [0, 0.1) is 0 Å². The fourth-order valence-corrected chi connectivity index (χ4v) is 4.82. The topological polar surface area (TPSA) is 188 Å². The number of amides is 3. The number of likely N-dealkylation sites (tertiary alicyclic amines) is 1. The van der Waals surface area contributed by atoms with Crippen molar-refractivity contribution in [1.82, 2.24) is 35.1 Å². The molecule has 13 heteroatoms. The second-order valence-corrected chi connectivity index (χ2v) is 9.96. The van der Waals surface area contributed by atoms with Gasteiger partial charge in [-0.2, -0.15) is 0 Å². The first kappa shape index (κ1) is 28.5. The maximum atomic E-state index is 13.4. The highest BCUT2D eigenvalue weighted by Crippen LogP contribution is 2.19. The smallest absolute Gasteiger partial charge is 0.326 e. The summed E-state index contributed by atoms with van der Waals surface area (Å²) in [6, 6.07) is 5.11. The van der Waals surface area contributed by atoms with Gasteiger partial charge >= 0.3 is 5.97 Å². The highest BCUT2D eigenvalue weighted by Gasteiger charge is 2.38. The van der Waals surface area contributed by atoms with E-state index in [4.69, 9.17) is 5.73 Å². The molecular weight excluding hydrogens is 516 g/mol. The van der Waals surface area contributed by atoms with Gasteiger partial charge in [0, 0.05) is 50.9 Å². The van der Waals surface area contributed by atoms with Crippen molar-refractivity contribution in [2.75, 3.05) is 6.54 Å². The van der Waals surface area contributed by atoms with Crippen LogP contribution in [0.5, 0.6) is 0 Å². The molecule has 6 N–H and O–H groups in total. The second kappa shape index (κ2) is 13.0. The van der Waals surface area contributed by atoms with E-state index in [0.717, 1.165) is 5.56 Å². The number of imidazole rings is 2. The molecule has 3 aromatic rings. The van der Waals surface area contributed by atoms with Gasteiger partial charge in [-0.15, -0.1) is 0 Å². The lowest BCUT2D eigenvalue weighted by atomic mass is 10.0. The summed E-state index contributed by atoms with van der Waals surface area (Å²) in [4.78, 5) is 64.4. The van der Waals surface area contributed by atoms with Crippen LogP contribution in [-0.2, 0) is 45.5 Å². The maximum Gasteiger partial charge on any atom is 0.326 e. The zero-order chi connectivity index (χ0) is 28.6. The van der Waals surface area contributed by atoms with Crippen molar-refractivity contribution < 1.29 is 24.3 Å². The Morgan fingerprint density at radius 2 is 1.90 bits per heavy atom. The SMILES string of the molecule is Cn1cnc(C[C@H](NC(=O)[C@H](Cc2ccccc2)NC(=O)[C@@H]2CCCN2C(=O)[C@@H](N)Cc2cnc[nH]2)C(=O)O)c1. The van der Waals surface area contributed by atoms with E-state index >= 15 is 0 Å². The lowest BCUT2D eigenvalue weighted by Gasteiger charge is -2.28. The molecule has 4 atom stereocenters. The van der Waals surface area contributed by atoms with Crippen LogP contribution in [0.3, 0.4) is 0 Å². The van der Waals surface area contributed by atoms with Crippen molar-refractivity contribution in [3.63, 3.8) is 0 Å². The molecule has 2 aromatic heterocycles. The zero-order valence-corrected chi connectivity index (χ0v) is 22.2. The summed E-state index contributed by atoms with van der Waals surface area (Å²) in [5.74, 6) is -2.72. The molecule has 1 aliphatic heterocycles. The first-order valence-electron chi connectivity index (χ1n) is 13.1. The number of aromatic amines is 1. The molecule has 1 aromatic carbocycles. The van der Waals surface area contributed by atoms with Gasteiger partial charge in [0.15, 0.2) is 0 Å². The number of carboxylic acids is 1. The average Bonchev–Trinajstić information content (AvgIpc) is 3.70. The summed E-state index contributed by atoms with van der Waals surface area (Å²) < 4.78 is 1.68. The van der Waals surface area contributed by atoms with Crippen LogP contribution in [0.4, 0.5) is 0 Å². The molecule has 0 saturated carbocycles. The molecular formula is C27H34N8O5. The Balaban J connectivity index is 1.47. The van der Waals surface area contributed by atoms with Gasteiger partial charge in [0.1, 0.15) is 18.1 Å².